The van der Waals surface area contributed by atoms with Gasteiger partial charge in [0.25, 0.3) is 5.56 Å². The van der Waals surface area contributed by atoms with Gasteiger partial charge in [-0.05, 0) is 49.2 Å². The molecule has 0 spiro atoms. The van der Waals surface area contributed by atoms with Crippen molar-refractivity contribution in [2.45, 2.75) is 33.2 Å². The smallest absolute Gasteiger partial charge is 0.281 e. The van der Waals surface area contributed by atoms with E-state index in [1.54, 1.807) is 11.3 Å². The Morgan fingerprint density at radius 1 is 1.26 bits per heavy atom. The Hall–Kier alpha value is -2.38. The molecule has 0 radical (unpaired) electrons. The third-order valence-electron chi connectivity index (χ3n) is 5.02. The van der Waals surface area contributed by atoms with Crippen LogP contribution in [0.4, 0.5) is 0 Å². The highest BCUT2D eigenvalue weighted by Gasteiger charge is 2.24. The summed E-state index contributed by atoms with van der Waals surface area (Å²) in [5.41, 5.74) is 1.77. The first-order chi connectivity index (χ1) is 13.1. The highest BCUT2D eigenvalue weighted by Crippen LogP contribution is 2.33. The number of ether oxygens (including phenoxy) is 1. The van der Waals surface area contributed by atoms with E-state index in [1.165, 1.54) is 9.55 Å². The van der Waals surface area contributed by atoms with Crippen LogP contribution in [0.15, 0.2) is 29.1 Å². The first-order valence-corrected chi connectivity index (χ1v) is 10.2. The van der Waals surface area contributed by atoms with E-state index >= 15 is 0 Å². The van der Waals surface area contributed by atoms with Gasteiger partial charge in [0.05, 0.1) is 12.0 Å². The SMILES string of the molecule is CCCOc1ccc(-c2nc3sc4c(c3c(=O)n2N)CCN(CC)C4)cc1. The van der Waals surface area contributed by atoms with Crippen LogP contribution in [0.3, 0.4) is 0 Å². The molecule has 1 aromatic carbocycles. The first kappa shape index (κ1) is 18.0. The van der Waals surface area contributed by atoms with Gasteiger partial charge in [-0.1, -0.05) is 13.8 Å². The summed E-state index contributed by atoms with van der Waals surface area (Å²) >= 11 is 1.62. The van der Waals surface area contributed by atoms with E-state index in [2.05, 4.69) is 18.7 Å². The number of nitrogens with two attached hydrogens (primary N) is 1. The molecule has 0 saturated heterocycles. The van der Waals surface area contributed by atoms with Gasteiger partial charge in [0, 0.05) is 23.5 Å². The molecule has 4 rings (SSSR count). The number of likely N-dealkylation sites (N-methyl/N-ethyl adjacent to an activating group) is 1. The monoisotopic (exact) mass is 384 g/mol. The summed E-state index contributed by atoms with van der Waals surface area (Å²) in [5.74, 6) is 7.44. The number of nitrogen functional groups attached to an aromatic ring is 1. The van der Waals surface area contributed by atoms with E-state index in [1.807, 2.05) is 24.3 Å². The summed E-state index contributed by atoms with van der Waals surface area (Å²) in [4.78, 5) is 22.1. The van der Waals surface area contributed by atoms with E-state index in [9.17, 15) is 4.79 Å². The Labute approximate surface area is 162 Å². The fourth-order valence-corrected chi connectivity index (χ4v) is 4.75. The number of hydrogen-bond donors (Lipinski definition) is 1. The van der Waals surface area contributed by atoms with E-state index in [4.69, 9.17) is 15.6 Å². The van der Waals surface area contributed by atoms with E-state index in [0.29, 0.717) is 17.8 Å². The molecule has 0 atom stereocenters. The summed E-state index contributed by atoms with van der Waals surface area (Å²) in [6.45, 7) is 7.78. The lowest BCUT2D eigenvalue weighted by atomic mass is 10.1. The molecule has 1 aliphatic rings. The maximum Gasteiger partial charge on any atom is 0.281 e. The van der Waals surface area contributed by atoms with Gasteiger partial charge in [0.2, 0.25) is 0 Å². The summed E-state index contributed by atoms with van der Waals surface area (Å²) in [6.07, 6.45) is 1.84. The zero-order chi connectivity index (χ0) is 19.0. The van der Waals surface area contributed by atoms with Gasteiger partial charge in [0.1, 0.15) is 10.6 Å². The Morgan fingerprint density at radius 2 is 2.04 bits per heavy atom. The maximum absolute atomic E-state index is 13.0. The van der Waals surface area contributed by atoms with Crippen LogP contribution in [-0.2, 0) is 13.0 Å². The largest absolute Gasteiger partial charge is 0.494 e. The summed E-state index contributed by atoms with van der Waals surface area (Å²) in [5, 5.41) is 0.694. The third kappa shape index (κ3) is 3.21. The van der Waals surface area contributed by atoms with Gasteiger partial charge in [0.15, 0.2) is 5.82 Å². The molecule has 3 aromatic rings. The van der Waals surface area contributed by atoms with Crippen LogP contribution in [0.5, 0.6) is 5.75 Å². The number of nitrogens with zero attached hydrogens (tertiary/aromatic N) is 3. The zero-order valence-electron chi connectivity index (χ0n) is 15.7. The fourth-order valence-electron chi connectivity index (χ4n) is 3.50. The first-order valence-electron chi connectivity index (χ1n) is 9.40. The number of benzene rings is 1. The second-order valence-electron chi connectivity index (χ2n) is 6.79. The van der Waals surface area contributed by atoms with Gasteiger partial charge in [-0.3, -0.25) is 9.69 Å². The predicted molar refractivity (Wildman–Crippen MR) is 110 cm³/mol. The second-order valence-corrected chi connectivity index (χ2v) is 7.87. The fraction of sp³-hybridized carbons (Fsp3) is 0.400. The van der Waals surface area contributed by atoms with Crippen molar-refractivity contribution in [1.82, 2.24) is 14.6 Å². The second kappa shape index (κ2) is 7.32. The Morgan fingerprint density at radius 3 is 2.74 bits per heavy atom. The highest BCUT2D eigenvalue weighted by molar-refractivity contribution is 7.18. The molecule has 0 fully saturated rings. The van der Waals surface area contributed by atoms with Crippen LogP contribution in [0.1, 0.15) is 30.7 Å². The average Bonchev–Trinajstić information content (AvgIpc) is 3.07. The average molecular weight is 385 g/mol. The van der Waals surface area contributed by atoms with Crippen molar-refractivity contribution in [3.8, 4) is 17.1 Å². The third-order valence-corrected chi connectivity index (χ3v) is 6.13. The van der Waals surface area contributed by atoms with Crippen LogP contribution in [0, 0.1) is 0 Å². The molecule has 27 heavy (non-hydrogen) atoms. The maximum atomic E-state index is 13.0. The van der Waals surface area contributed by atoms with Gasteiger partial charge in [-0.15, -0.1) is 11.3 Å². The van der Waals surface area contributed by atoms with Gasteiger partial charge in [-0.2, -0.15) is 0 Å². The van der Waals surface area contributed by atoms with E-state index in [-0.39, 0.29) is 5.56 Å². The van der Waals surface area contributed by atoms with Crippen molar-refractivity contribution in [3.05, 3.63) is 45.1 Å². The lowest BCUT2D eigenvalue weighted by Crippen LogP contribution is -2.32. The van der Waals surface area contributed by atoms with E-state index < -0.39 is 0 Å². The zero-order valence-corrected chi connectivity index (χ0v) is 16.5. The molecule has 2 aromatic heterocycles. The molecule has 0 unspecified atom stereocenters. The molecular formula is C20H24N4O2S. The standard InChI is InChI=1S/C20H24N4O2S/c1-3-11-26-14-7-5-13(6-8-14)18-22-19-17(20(25)24(18)21)15-9-10-23(4-2)12-16(15)27-19/h5-8H,3-4,9-12,21H2,1-2H3. The quantitative estimate of drug-likeness (QED) is 0.685. The molecule has 6 nitrogen and oxygen atoms in total. The number of hydrogen-bond acceptors (Lipinski definition) is 6. The topological polar surface area (TPSA) is 73.4 Å². The minimum absolute atomic E-state index is 0.163. The number of fused-ring (bicyclic) bond motifs is 3. The number of thiophene rings is 1. The minimum atomic E-state index is -0.163. The van der Waals surface area contributed by atoms with Crippen LogP contribution in [0.2, 0.25) is 0 Å². The summed E-state index contributed by atoms with van der Waals surface area (Å²) < 4.78 is 6.81. The van der Waals surface area contributed by atoms with Crippen molar-refractivity contribution in [3.63, 3.8) is 0 Å². The Kier molecular flexibility index (Phi) is 4.88. The van der Waals surface area contributed by atoms with Crippen LogP contribution in [0.25, 0.3) is 21.6 Å². The van der Waals surface area contributed by atoms with Gasteiger partial charge < -0.3 is 10.6 Å². The number of aromatic nitrogens is 2. The summed E-state index contributed by atoms with van der Waals surface area (Å²) in [6, 6.07) is 7.57. The molecule has 142 valence electrons. The molecule has 0 bridgehead atoms. The van der Waals surface area contributed by atoms with Crippen molar-refractivity contribution < 1.29 is 4.74 Å². The molecule has 0 amide bonds. The van der Waals surface area contributed by atoms with Crippen LogP contribution >= 0.6 is 11.3 Å². The van der Waals surface area contributed by atoms with Crippen molar-refractivity contribution in [2.75, 3.05) is 25.5 Å². The van der Waals surface area contributed by atoms with Crippen LogP contribution in [-0.4, -0.2) is 34.3 Å². The molecule has 3 heterocycles. The lowest BCUT2D eigenvalue weighted by molar-refractivity contribution is 0.272. The highest BCUT2D eigenvalue weighted by atomic mass is 32.1. The van der Waals surface area contributed by atoms with Crippen molar-refractivity contribution in [2.24, 2.45) is 0 Å². The minimum Gasteiger partial charge on any atom is -0.494 e. The Balaban J connectivity index is 1.77. The molecule has 1 aliphatic heterocycles. The molecule has 0 saturated carbocycles. The Bertz CT molecular complexity index is 1020. The summed E-state index contributed by atoms with van der Waals surface area (Å²) in [7, 11) is 0. The van der Waals surface area contributed by atoms with E-state index in [0.717, 1.165) is 54.2 Å². The lowest BCUT2D eigenvalue weighted by Gasteiger charge is -2.24. The van der Waals surface area contributed by atoms with Crippen LogP contribution < -0.4 is 16.1 Å². The predicted octanol–water partition coefficient (Wildman–Crippen LogP) is 3.01. The molecule has 0 aliphatic carbocycles. The molecular weight excluding hydrogens is 360 g/mol. The molecule has 7 heteroatoms. The molecule has 2 N–H and O–H groups in total. The van der Waals surface area contributed by atoms with Crippen molar-refractivity contribution >= 4 is 21.6 Å². The normalized spacial score (nSPS) is 14.4. The van der Waals surface area contributed by atoms with Gasteiger partial charge >= 0.3 is 0 Å². The van der Waals surface area contributed by atoms with Gasteiger partial charge in [-0.25, -0.2) is 9.66 Å². The number of rotatable bonds is 5. The van der Waals surface area contributed by atoms with Crippen molar-refractivity contribution in [1.29, 1.82) is 0 Å².